The van der Waals surface area contributed by atoms with Crippen molar-refractivity contribution < 1.29 is 14.6 Å². The van der Waals surface area contributed by atoms with Crippen molar-refractivity contribution in [3.8, 4) is 0 Å². The first-order valence-corrected chi connectivity index (χ1v) is 7.61. The van der Waals surface area contributed by atoms with Crippen LogP contribution >= 0.6 is 0 Å². The highest BCUT2D eigenvalue weighted by atomic mass is 16.5. The van der Waals surface area contributed by atoms with Crippen LogP contribution in [0.4, 0.5) is 0 Å². The smallest absolute Gasteiger partial charge is 0.213 e. The summed E-state index contributed by atoms with van der Waals surface area (Å²) in [6.45, 7) is 11.6. The first-order valence-electron chi connectivity index (χ1n) is 7.61. The minimum absolute atomic E-state index is 0.0874. The molecule has 0 aliphatic carbocycles. The Hall–Kier alpha value is -1.62. The summed E-state index contributed by atoms with van der Waals surface area (Å²) in [6.07, 6.45) is 4.87. The highest BCUT2D eigenvalue weighted by Crippen LogP contribution is 2.35. The van der Waals surface area contributed by atoms with Crippen molar-refractivity contribution in [2.45, 2.75) is 38.3 Å². The number of aliphatic hydroxyl groups is 1. The third-order valence-electron chi connectivity index (χ3n) is 4.05. The fraction of sp³-hybridized carbons (Fsp3) is 0.647. The summed E-state index contributed by atoms with van der Waals surface area (Å²) < 4.78 is 11.0. The van der Waals surface area contributed by atoms with E-state index in [1.807, 2.05) is 6.08 Å². The largest absolute Gasteiger partial charge is 0.483 e. The molecule has 124 valence electrons. The molecule has 1 aliphatic rings. The maximum absolute atomic E-state index is 9.77. The molecule has 22 heavy (non-hydrogen) atoms. The van der Waals surface area contributed by atoms with Crippen molar-refractivity contribution in [3.63, 3.8) is 0 Å². The van der Waals surface area contributed by atoms with E-state index in [9.17, 15) is 5.11 Å². The normalized spacial score (nSPS) is 26.0. The number of aliphatic imine (C=N–C) groups is 2. The van der Waals surface area contributed by atoms with Crippen LogP contribution in [0.3, 0.4) is 0 Å². The van der Waals surface area contributed by atoms with Crippen molar-refractivity contribution >= 4 is 11.8 Å². The molecule has 0 unspecified atom stereocenters. The molecule has 1 N–H and O–H groups in total. The zero-order valence-corrected chi connectivity index (χ0v) is 14.1. The second-order valence-electron chi connectivity index (χ2n) is 5.76. The minimum Gasteiger partial charge on any atom is -0.483 e. The van der Waals surface area contributed by atoms with E-state index in [0.717, 1.165) is 6.42 Å². The zero-order valence-electron chi connectivity index (χ0n) is 14.1. The summed E-state index contributed by atoms with van der Waals surface area (Å²) >= 11 is 0. The third-order valence-corrected chi connectivity index (χ3v) is 4.05. The Bertz CT molecular complexity index is 457. The number of allylic oxidation sites excluding steroid dienone is 1. The lowest BCUT2D eigenvalue weighted by molar-refractivity contribution is 0.187. The van der Waals surface area contributed by atoms with Gasteiger partial charge >= 0.3 is 0 Å². The number of hydrogen-bond donors (Lipinski definition) is 1. The molecule has 5 nitrogen and oxygen atoms in total. The fourth-order valence-corrected chi connectivity index (χ4v) is 2.77. The summed E-state index contributed by atoms with van der Waals surface area (Å²) in [4.78, 5) is 9.55. The molecule has 0 radical (unpaired) electrons. The Morgan fingerprint density at radius 3 is 2.41 bits per heavy atom. The molecular formula is C17H28N2O3. The Morgan fingerprint density at radius 2 is 2.00 bits per heavy atom. The molecule has 1 heterocycles. The molecule has 0 amide bonds. The van der Waals surface area contributed by atoms with Gasteiger partial charge in [0, 0.05) is 5.92 Å². The van der Waals surface area contributed by atoms with Gasteiger partial charge in [0.2, 0.25) is 11.8 Å². The lowest BCUT2D eigenvalue weighted by Crippen LogP contribution is -2.51. The van der Waals surface area contributed by atoms with E-state index >= 15 is 0 Å². The Labute approximate surface area is 133 Å². The minimum atomic E-state index is -0.795. The SMILES string of the molecule is C=CCC[C@@]1([C@@H](C=C)CO)N=C(OC)[C@@H](C(C)C)N=C1OC. The highest BCUT2D eigenvalue weighted by molar-refractivity contribution is 5.97. The summed E-state index contributed by atoms with van der Waals surface area (Å²) in [5.41, 5.74) is -0.795. The molecule has 0 aromatic heterocycles. The van der Waals surface area contributed by atoms with Crippen molar-refractivity contribution in [3.05, 3.63) is 25.3 Å². The number of aliphatic hydroxyl groups excluding tert-OH is 1. The van der Waals surface area contributed by atoms with Gasteiger partial charge in [0.15, 0.2) is 0 Å². The van der Waals surface area contributed by atoms with Gasteiger partial charge in [-0.1, -0.05) is 26.0 Å². The maximum Gasteiger partial charge on any atom is 0.213 e. The Kier molecular flexibility index (Phi) is 6.81. The number of rotatable bonds is 7. The van der Waals surface area contributed by atoms with Crippen molar-refractivity contribution in [1.29, 1.82) is 0 Å². The van der Waals surface area contributed by atoms with Crippen LogP contribution in [-0.2, 0) is 9.47 Å². The van der Waals surface area contributed by atoms with Crippen LogP contribution in [0.2, 0.25) is 0 Å². The number of hydrogen-bond acceptors (Lipinski definition) is 5. The Morgan fingerprint density at radius 1 is 1.32 bits per heavy atom. The van der Waals surface area contributed by atoms with Crippen LogP contribution in [0.25, 0.3) is 0 Å². The number of methoxy groups -OCH3 is 2. The highest BCUT2D eigenvalue weighted by Gasteiger charge is 2.47. The average molecular weight is 308 g/mol. The lowest BCUT2D eigenvalue weighted by atomic mass is 9.79. The second-order valence-corrected chi connectivity index (χ2v) is 5.76. The van der Waals surface area contributed by atoms with E-state index in [2.05, 4.69) is 27.0 Å². The first kappa shape index (κ1) is 18.4. The van der Waals surface area contributed by atoms with Gasteiger partial charge in [0.25, 0.3) is 0 Å². The quantitative estimate of drug-likeness (QED) is 0.735. The lowest BCUT2D eigenvalue weighted by Gasteiger charge is -2.39. The molecule has 0 saturated heterocycles. The van der Waals surface area contributed by atoms with Crippen molar-refractivity contribution in [1.82, 2.24) is 0 Å². The van der Waals surface area contributed by atoms with Gasteiger partial charge in [0.05, 0.1) is 20.8 Å². The molecule has 1 aliphatic heterocycles. The Balaban J connectivity index is 3.43. The molecule has 3 atom stereocenters. The van der Waals surface area contributed by atoms with Gasteiger partial charge in [-0.15, -0.1) is 13.2 Å². The topological polar surface area (TPSA) is 63.4 Å². The van der Waals surface area contributed by atoms with Gasteiger partial charge in [0.1, 0.15) is 11.6 Å². The summed E-state index contributed by atoms with van der Waals surface area (Å²) in [5.74, 6) is 1.02. The van der Waals surface area contributed by atoms with Crippen LogP contribution in [0, 0.1) is 11.8 Å². The summed E-state index contributed by atoms with van der Waals surface area (Å²) in [5, 5.41) is 9.77. The van der Waals surface area contributed by atoms with Crippen LogP contribution in [0.1, 0.15) is 26.7 Å². The molecule has 0 aromatic carbocycles. The van der Waals surface area contributed by atoms with Crippen molar-refractivity contribution in [2.24, 2.45) is 21.8 Å². The molecule has 1 rings (SSSR count). The number of ether oxygens (including phenoxy) is 2. The zero-order chi connectivity index (χ0) is 16.8. The van der Waals surface area contributed by atoms with E-state index in [1.165, 1.54) is 0 Å². The van der Waals surface area contributed by atoms with Crippen LogP contribution < -0.4 is 0 Å². The van der Waals surface area contributed by atoms with Crippen molar-refractivity contribution in [2.75, 3.05) is 20.8 Å². The molecule has 0 bridgehead atoms. The van der Waals surface area contributed by atoms with Gasteiger partial charge in [-0.2, -0.15) is 0 Å². The first-order chi connectivity index (χ1) is 10.5. The van der Waals surface area contributed by atoms with Gasteiger partial charge in [-0.3, -0.25) is 0 Å². The van der Waals surface area contributed by atoms with Crippen LogP contribution in [-0.4, -0.2) is 49.3 Å². The van der Waals surface area contributed by atoms with E-state index in [4.69, 9.17) is 19.5 Å². The van der Waals surface area contributed by atoms with E-state index < -0.39 is 5.54 Å². The van der Waals surface area contributed by atoms with Gasteiger partial charge in [-0.05, 0) is 18.8 Å². The average Bonchev–Trinajstić information content (AvgIpc) is 2.53. The predicted molar refractivity (Wildman–Crippen MR) is 90.4 cm³/mol. The molecule has 5 heteroatoms. The van der Waals surface area contributed by atoms with Gasteiger partial charge < -0.3 is 14.6 Å². The van der Waals surface area contributed by atoms with E-state index in [1.54, 1.807) is 20.3 Å². The van der Waals surface area contributed by atoms with E-state index in [0.29, 0.717) is 18.2 Å². The predicted octanol–water partition coefficient (Wildman–Crippen LogP) is 2.61. The maximum atomic E-state index is 9.77. The summed E-state index contributed by atoms with van der Waals surface area (Å²) in [6, 6.07) is -0.180. The monoisotopic (exact) mass is 308 g/mol. The second kappa shape index (κ2) is 8.13. The third kappa shape index (κ3) is 3.40. The van der Waals surface area contributed by atoms with E-state index in [-0.39, 0.29) is 24.5 Å². The molecule has 0 spiro atoms. The summed E-state index contributed by atoms with van der Waals surface area (Å²) in [7, 11) is 3.19. The molecular weight excluding hydrogens is 280 g/mol. The van der Waals surface area contributed by atoms with Gasteiger partial charge in [-0.25, -0.2) is 9.98 Å². The van der Waals surface area contributed by atoms with Crippen LogP contribution in [0.5, 0.6) is 0 Å². The molecule has 0 aromatic rings. The number of nitrogens with zero attached hydrogens (tertiary/aromatic N) is 2. The van der Waals surface area contributed by atoms with Crippen LogP contribution in [0.15, 0.2) is 35.3 Å². The standard InChI is InChI=1S/C17H28N2O3/c1-7-9-10-17(13(8-2)11-20)16(22-6)18-14(12(3)4)15(19-17)21-5/h7-8,12-14,20H,1-2,9-11H2,3-6H3/t13-,14+,17-/m0/s1. The molecule has 0 fully saturated rings. The fourth-order valence-electron chi connectivity index (χ4n) is 2.77. The molecule has 0 saturated carbocycles.